The molecule has 0 radical (unpaired) electrons. The Balaban J connectivity index is 1.25. The summed E-state index contributed by atoms with van der Waals surface area (Å²) in [6.45, 7) is 3.47. The zero-order chi connectivity index (χ0) is 31.1. The number of rotatable bonds is 6. The molecule has 9 nitrogen and oxygen atoms in total. The number of amides is 2. The second-order valence-corrected chi connectivity index (χ2v) is 13.8. The van der Waals surface area contributed by atoms with Crippen LogP contribution in [0.25, 0.3) is 11.3 Å². The van der Waals surface area contributed by atoms with Gasteiger partial charge in [0.1, 0.15) is 10.9 Å². The number of fused-ring (bicyclic) bond motifs is 1. The molecule has 0 saturated carbocycles. The first-order valence-corrected chi connectivity index (χ1v) is 16.6. The molecule has 0 spiro atoms. The lowest BCUT2D eigenvalue weighted by molar-refractivity contribution is -0.139. The zero-order valence-electron chi connectivity index (χ0n) is 25.2. The number of carbonyl (C=O) groups excluding carboxylic acids is 2. The van der Waals surface area contributed by atoms with Crippen molar-refractivity contribution in [2.75, 3.05) is 37.8 Å². The molecule has 2 amide bonds. The number of aromatic nitrogens is 2. The van der Waals surface area contributed by atoms with Crippen molar-refractivity contribution in [2.45, 2.75) is 38.6 Å². The molecule has 1 fully saturated rings. The molecule has 1 atom stereocenters. The van der Waals surface area contributed by atoms with Gasteiger partial charge >= 0.3 is 0 Å². The Labute approximate surface area is 274 Å². The number of benzene rings is 2. The fourth-order valence-corrected chi connectivity index (χ4v) is 8.48. The molecule has 4 aromatic rings. The number of nitrogens with one attached hydrogen (secondary N) is 2. The lowest BCUT2D eigenvalue weighted by Gasteiger charge is -2.37. The van der Waals surface area contributed by atoms with E-state index < -0.39 is 0 Å². The van der Waals surface area contributed by atoms with Crippen molar-refractivity contribution in [3.8, 4) is 11.3 Å². The van der Waals surface area contributed by atoms with E-state index in [2.05, 4.69) is 38.1 Å². The van der Waals surface area contributed by atoms with Gasteiger partial charge in [0, 0.05) is 58.8 Å². The third kappa shape index (κ3) is 5.80. The summed E-state index contributed by atoms with van der Waals surface area (Å²) in [6, 6.07) is 13.0. The van der Waals surface area contributed by atoms with Crippen LogP contribution in [0.5, 0.6) is 0 Å². The van der Waals surface area contributed by atoms with E-state index >= 15 is 0 Å². The molecule has 1 aliphatic heterocycles. The van der Waals surface area contributed by atoms with Crippen LogP contribution in [0.2, 0.25) is 0 Å². The van der Waals surface area contributed by atoms with Crippen molar-refractivity contribution in [3.05, 3.63) is 89.0 Å². The van der Waals surface area contributed by atoms with Crippen LogP contribution in [0.4, 0.5) is 17.2 Å². The molecule has 6 rings (SSSR count). The highest BCUT2D eigenvalue weighted by molar-refractivity contribution is 14.1. The number of carbonyl (C=O) groups is 2. The molecule has 2 N–H and O–H groups in total. The highest BCUT2D eigenvalue weighted by Gasteiger charge is 2.32. The summed E-state index contributed by atoms with van der Waals surface area (Å²) >= 11 is 3.93. The number of aryl methyl sites for hydroxylation is 2. The van der Waals surface area contributed by atoms with E-state index in [9.17, 15) is 14.4 Å². The van der Waals surface area contributed by atoms with E-state index in [0.717, 1.165) is 44.5 Å². The van der Waals surface area contributed by atoms with E-state index in [4.69, 9.17) is 4.98 Å². The second-order valence-electron chi connectivity index (χ2n) is 11.6. The first kappa shape index (κ1) is 30.5. The Morgan fingerprint density at radius 2 is 1.77 bits per heavy atom. The Bertz CT molecular complexity index is 1820. The van der Waals surface area contributed by atoms with E-state index in [1.807, 2.05) is 63.5 Å². The molecular weight excluding hydrogens is 687 g/mol. The minimum atomic E-state index is -0.332. The number of hydrogen-bond donors (Lipinski definition) is 2. The maximum absolute atomic E-state index is 13.4. The van der Waals surface area contributed by atoms with Crippen LogP contribution in [-0.2, 0) is 24.7 Å². The third-order valence-corrected chi connectivity index (χ3v) is 11.4. The zero-order valence-corrected chi connectivity index (χ0v) is 28.2. The number of thiophene rings is 1. The lowest BCUT2D eigenvalue weighted by Crippen LogP contribution is -2.48. The monoisotopic (exact) mass is 722 g/mol. The van der Waals surface area contributed by atoms with Gasteiger partial charge in [0.15, 0.2) is 5.82 Å². The number of nitrogens with zero attached hydrogens (tertiary/aromatic N) is 4. The Hall–Kier alpha value is -3.55. The number of halogens is 1. The van der Waals surface area contributed by atoms with E-state index in [1.165, 1.54) is 27.8 Å². The molecule has 1 saturated heterocycles. The normalized spacial score (nSPS) is 17.0. The molecule has 2 aromatic carbocycles. The van der Waals surface area contributed by atoms with Crippen molar-refractivity contribution < 1.29 is 9.59 Å². The van der Waals surface area contributed by atoms with Crippen LogP contribution in [0.3, 0.4) is 0 Å². The fraction of sp³-hybridized carbons (Fsp3) is 0.333. The van der Waals surface area contributed by atoms with Gasteiger partial charge in [0.2, 0.25) is 5.91 Å². The van der Waals surface area contributed by atoms with Crippen molar-refractivity contribution in [1.29, 1.82) is 0 Å². The molecule has 2 aliphatic rings. The predicted molar refractivity (Wildman–Crippen MR) is 184 cm³/mol. The van der Waals surface area contributed by atoms with Crippen molar-refractivity contribution in [3.63, 3.8) is 0 Å². The van der Waals surface area contributed by atoms with Crippen LogP contribution in [0, 0.1) is 10.5 Å². The van der Waals surface area contributed by atoms with Gasteiger partial charge in [0.05, 0.1) is 5.69 Å². The molecule has 228 valence electrons. The Morgan fingerprint density at radius 1 is 1.02 bits per heavy atom. The average molecular weight is 723 g/mol. The van der Waals surface area contributed by atoms with Gasteiger partial charge in [-0.3, -0.25) is 19.3 Å². The van der Waals surface area contributed by atoms with Gasteiger partial charge in [-0.25, -0.2) is 4.98 Å². The highest BCUT2D eigenvalue weighted by Crippen LogP contribution is 2.36. The Morgan fingerprint density at radius 3 is 2.52 bits per heavy atom. The first-order valence-electron chi connectivity index (χ1n) is 14.7. The third-order valence-electron chi connectivity index (χ3n) is 8.57. The highest BCUT2D eigenvalue weighted by atomic mass is 127. The molecule has 3 heterocycles. The van der Waals surface area contributed by atoms with Crippen LogP contribution in [0.15, 0.2) is 53.5 Å². The fourth-order valence-electron chi connectivity index (χ4n) is 5.95. The summed E-state index contributed by atoms with van der Waals surface area (Å²) in [5, 5.41) is 6.31. The van der Waals surface area contributed by atoms with Gasteiger partial charge in [0.25, 0.3) is 11.5 Å². The molecule has 1 unspecified atom stereocenters. The van der Waals surface area contributed by atoms with Gasteiger partial charge in [-0.1, -0.05) is 24.3 Å². The molecule has 2 aromatic heterocycles. The summed E-state index contributed by atoms with van der Waals surface area (Å²) in [5.74, 6) is 0.165. The molecular formula is C33H35IN6O3S. The summed E-state index contributed by atoms with van der Waals surface area (Å²) < 4.78 is 2.58. The minimum absolute atomic E-state index is 0.0701. The summed E-state index contributed by atoms with van der Waals surface area (Å²) in [7, 11) is 5.48. The topological polar surface area (TPSA) is 99.6 Å². The van der Waals surface area contributed by atoms with Crippen molar-refractivity contribution >= 4 is 62.9 Å². The van der Waals surface area contributed by atoms with Crippen molar-refractivity contribution in [1.82, 2.24) is 19.4 Å². The summed E-state index contributed by atoms with van der Waals surface area (Å²) in [5.41, 5.74) is 5.67. The Kier molecular flexibility index (Phi) is 8.62. The first-order chi connectivity index (χ1) is 21.1. The maximum Gasteiger partial charge on any atom is 0.293 e. The van der Waals surface area contributed by atoms with Gasteiger partial charge in [-0.15, -0.1) is 11.3 Å². The van der Waals surface area contributed by atoms with Gasteiger partial charge < -0.3 is 20.1 Å². The average Bonchev–Trinajstić information content (AvgIpc) is 3.36. The lowest BCUT2D eigenvalue weighted by atomic mass is 9.99. The van der Waals surface area contributed by atoms with Crippen LogP contribution in [0.1, 0.15) is 50.1 Å². The number of anilines is 3. The summed E-state index contributed by atoms with van der Waals surface area (Å²) in [6.07, 6.45) is 6.15. The van der Waals surface area contributed by atoms with Crippen LogP contribution < -0.4 is 16.2 Å². The molecule has 1 aliphatic carbocycles. The van der Waals surface area contributed by atoms with Crippen LogP contribution >= 0.6 is 33.9 Å². The predicted octanol–water partition coefficient (Wildman–Crippen LogP) is 5.74. The smallest absolute Gasteiger partial charge is 0.293 e. The van der Waals surface area contributed by atoms with Crippen molar-refractivity contribution in [2.24, 2.45) is 7.05 Å². The molecule has 11 heteroatoms. The quantitative estimate of drug-likeness (QED) is 0.247. The SMILES string of the molecule is Cc1c(NC(=O)c2sc3c(c2I)CCCC3)cccc1-c1cn(C)c(=O)c(Nc2ccc(C3C(=O)N(C)CCN3C)cc2)n1. The van der Waals surface area contributed by atoms with Crippen LogP contribution in [-0.4, -0.2) is 58.4 Å². The molecule has 44 heavy (non-hydrogen) atoms. The maximum atomic E-state index is 13.4. The minimum Gasteiger partial charge on any atom is -0.343 e. The number of likely N-dealkylation sites (N-methyl/N-ethyl adjacent to an activating group) is 2. The number of hydrogen-bond acceptors (Lipinski definition) is 7. The van der Waals surface area contributed by atoms with E-state index in [1.54, 1.807) is 29.5 Å². The second kappa shape index (κ2) is 12.4. The van der Waals surface area contributed by atoms with Gasteiger partial charge in [-0.2, -0.15) is 0 Å². The largest absolute Gasteiger partial charge is 0.343 e. The van der Waals surface area contributed by atoms with E-state index in [-0.39, 0.29) is 29.2 Å². The standard InChI is InChI=1S/C33H35IN6O3S/c1-19-22(9-7-10-24(19)37-31(41)29-27(34)23-8-5-6-11-26(23)44-29)25-18-40(4)33(43)30(36-25)35-21-14-12-20(13-15-21)28-32(42)39(3)17-16-38(28)2/h7,9-10,12-15,18,28H,5-6,8,11,16-17H2,1-4H3,(H,35,36)(H,37,41). The summed E-state index contributed by atoms with van der Waals surface area (Å²) in [4.78, 5) is 49.9. The van der Waals surface area contributed by atoms with Gasteiger partial charge in [-0.05, 0) is 97.1 Å². The van der Waals surface area contributed by atoms with E-state index in [0.29, 0.717) is 23.6 Å². The molecule has 0 bridgehead atoms. The number of piperazine rings is 1.